The summed E-state index contributed by atoms with van der Waals surface area (Å²) < 4.78 is 6.78. The minimum atomic E-state index is -0.597. The van der Waals surface area contributed by atoms with Crippen molar-refractivity contribution in [1.82, 2.24) is 9.80 Å². The fraction of sp³-hybridized carbons (Fsp3) is 0.292. The molecule has 0 unspecified atom stereocenters. The monoisotopic (exact) mass is 468 g/mol. The molecule has 6 heteroatoms. The first-order valence-corrected chi connectivity index (χ1v) is 11.0. The number of carbonyl (C=O) groups is 1. The van der Waals surface area contributed by atoms with Crippen LogP contribution >= 0.6 is 15.9 Å². The number of aliphatic hydroxyl groups is 1. The van der Waals surface area contributed by atoms with E-state index in [1.165, 1.54) is 0 Å². The van der Waals surface area contributed by atoms with Crippen molar-refractivity contribution in [1.29, 1.82) is 0 Å². The van der Waals surface area contributed by atoms with E-state index < -0.39 is 6.10 Å². The van der Waals surface area contributed by atoms with Gasteiger partial charge in [-0.05, 0) is 44.9 Å². The zero-order valence-corrected chi connectivity index (χ0v) is 18.3. The molecule has 1 heterocycles. The molecule has 0 saturated carbocycles. The van der Waals surface area contributed by atoms with E-state index in [9.17, 15) is 9.90 Å². The van der Waals surface area contributed by atoms with Crippen LogP contribution in [0.4, 0.5) is 0 Å². The van der Waals surface area contributed by atoms with Gasteiger partial charge in [-0.15, -0.1) is 0 Å². The van der Waals surface area contributed by atoms with Gasteiger partial charge in [0.2, 0.25) is 0 Å². The van der Waals surface area contributed by atoms with Gasteiger partial charge in [-0.25, -0.2) is 0 Å². The maximum absolute atomic E-state index is 12.5. The molecule has 1 aliphatic rings. The number of hydrogen-bond acceptors (Lipinski definition) is 4. The zero-order chi connectivity index (χ0) is 20.9. The number of aliphatic hydroxyl groups excluding tert-OH is 1. The number of ether oxygens (including phenoxy) is 1. The van der Waals surface area contributed by atoms with Crippen LogP contribution in [0.1, 0.15) is 10.4 Å². The van der Waals surface area contributed by atoms with Crippen LogP contribution in [-0.2, 0) is 0 Å². The molecule has 1 atom stereocenters. The Bertz CT molecular complexity index is 1000. The summed E-state index contributed by atoms with van der Waals surface area (Å²) in [5.74, 6) is 0.798. The first-order chi connectivity index (χ1) is 14.6. The molecular formula is C24H25BrN2O3. The minimum Gasteiger partial charge on any atom is -0.490 e. The molecule has 3 aromatic rings. The maximum atomic E-state index is 12.5. The molecule has 0 radical (unpaired) electrons. The molecule has 1 aliphatic heterocycles. The third kappa shape index (κ3) is 4.83. The van der Waals surface area contributed by atoms with Crippen LogP contribution in [0.2, 0.25) is 0 Å². The number of halogens is 1. The minimum absolute atomic E-state index is 0.0697. The van der Waals surface area contributed by atoms with Crippen molar-refractivity contribution in [3.8, 4) is 5.75 Å². The van der Waals surface area contributed by atoms with Gasteiger partial charge in [-0.2, -0.15) is 0 Å². The summed E-state index contributed by atoms with van der Waals surface area (Å²) in [7, 11) is 0. The number of carbonyl (C=O) groups excluding carboxylic acids is 1. The number of piperazine rings is 1. The Kier molecular flexibility index (Phi) is 6.67. The van der Waals surface area contributed by atoms with E-state index in [0.717, 1.165) is 39.6 Å². The number of rotatable bonds is 6. The lowest BCUT2D eigenvalue weighted by molar-refractivity contribution is 0.0403. The van der Waals surface area contributed by atoms with Gasteiger partial charge in [0.25, 0.3) is 5.91 Å². The molecule has 3 aromatic carbocycles. The smallest absolute Gasteiger partial charge is 0.253 e. The third-order valence-corrected chi connectivity index (χ3v) is 6.23. The number of β-amino-alcohol motifs (C(OH)–C–C–N with tert-alkyl or cyclic N) is 1. The fourth-order valence-electron chi connectivity index (χ4n) is 3.76. The van der Waals surface area contributed by atoms with Crippen LogP contribution in [0.25, 0.3) is 10.8 Å². The summed E-state index contributed by atoms with van der Waals surface area (Å²) in [4.78, 5) is 16.6. The second-order valence-electron chi connectivity index (χ2n) is 7.52. The summed E-state index contributed by atoms with van der Waals surface area (Å²) in [5.41, 5.74) is 0.723. The quantitative estimate of drug-likeness (QED) is 0.597. The molecule has 0 aromatic heterocycles. The van der Waals surface area contributed by atoms with Crippen LogP contribution in [0.3, 0.4) is 0 Å². The Morgan fingerprint density at radius 3 is 2.43 bits per heavy atom. The molecule has 1 fully saturated rings. The van der Waals surface area contributed by atoms with Gasteiger partial charge in [0.05, 0.1) is 4.47 Å². The lowest BCUT2D eigenvalue weighted by Gasteiger charge is -2.35. The predicted molar refractivity (Wildman–Crippen MR) is 122 cm³/mol. The molecule has 0 aliphatic carbocycles. The number of benzene rings is 3. The second-order valence-corrected chi connectivity index (χ2v) is 8.32. The maximum Gasteiger partial charge on any atom is 0.253 e. The van der Waals surface area contributed by atoms with Crippen molar-refractivity contribution in [3.05, 3.63) is 76.8 Å². The summed E-state index contributed by atoms with van der Waals surface area (Å²) in [5, 5.41) is 12.7. The normalized spacial score (nSPS) is 15.9. The molecule has 156 valence electrons. The molecule has 5 nitrogen and oxygen atoms in total. The van der Waals surface area contributed by atoms with Gasteiger partial charge in [0.1, 0.15) is 18.5 Å². The first-order valence-electron chi connectivity index (χ1n) is 10.2. The van der Waals surface area contributed by atoms with E-state index in [1.54, 1.807) is 0 Å². The molecule has 4 rings (SSSR count). The fourth-order valence-corrected chi connectivity index (χ4v) is 4.37. The Hall–Kier alpha value is -2.41. The van der Waals surface area contributed by atoms with Crippen LogP contribution in [0, 0.1) is 0 Å². The number of nitrogens with zero attached hydrogens (tertiary/aromatic N) is 2. The second kappa shape index (κ2) is 9.60. The van der Waals surface area contributed by atoms with Crippen LogP contribution in [-0.4, -0.2) is 66.2 Å². The molecule has 1 amide bonds. The van der Waals surface area contributed by atoms with Crippen molar-refractivity contribution >= 4 is 32.6 Å². The lowest BCUT2D eigenvalue weighted by Crippen LogP contribution is -2.50. The highest BCUT2D eigenvalue weighted by atomic mass is 79.9. The standard InChI is InChI=1S/C24H25BrN2O3/c25-23-21-9-5-4-6-18(21)10-11-22(23)30-17-20(28)16-26-12-14-27(15-13-26)24(29)19-7-2-1-3-8-19/h1-11,20,28H,12-17H2/t20-/m0/s1. The molecule has 30 heavy (non-hydrogen) atoms. The van der Waals surface area contributed by atoms with Crippen LogP contribution in [0.15, 0.2) is 71.2 Å². The van der Waals surface area contributed by atoms with Gasteiger partial charge in [-0.3, -0.25) is 9.69 Å². The summed E-state index contributed by atoms with van der Waals surface area (Å²) in [6, 6.07) is 21.4. The van der Waals surface area contributed by atoms with Crippen molar-refractivity contribution in [2.75, 3.05) is 39.3 Å². The third-order valence-electron chi connectivity index (χ3n) is 5.41. The molecule has 0 spiro atoms. The zero-order valence-electron chi connectivity index (χ0n) is 16.7. The Balaban J connectivity index is 1.26. The van der Waals surface area contributed by atoms with E-state index in [2.05, 4.69) is 26.9 Å². The van der Waals surface area contributed by atoms with Crippen LogP contribution in [0.5, 0.6) is 5.75 Å². The molecule has 1 saturated heterocycles. The van der Waals surface area contributed by atoms with Gasteiger partial charge < -0.3 is 14.7 Å². The summed E-state index contributed by atoms with van der Waals surface area (Å²) >= 11 is 3.62. The van der Waals surface area contributed by atoms with Crippen LogP contribution < -0.4 is 4.74 Å². The Morgan fingerprint density at radius 1 is 0.967 bits per heavy atom. The van der Waals surface area contributed by atoms with Crippen molar-refractivity contribution < 1.29 is 14.6 Å². The number of amides is 1. The lowest BCUT2D eigenvalue weighted by atomic mass is 10.1. The highest BCUT2D eigenvalue weighted by Gasteiger charge is 2.23. The summed E-state index contributed by atoms with van der Waals surface area (Å²) in [6.45, 7) is 3.57. The Labute approximate surface area is 185 Å². The predicted octanol–water partition coefficient (Wildman–Crippen LogP) is 3.80. The van der Waals surface area contributed by atoms with Gasteiger partial charge in [0.15, 0.2) is 0 Å². The largest absolute Gasteiger partial charge is 0.490 e. The Morgan fingerprint density at radius 2 is 1.67 bits per heavy atom. The first kappa shape index (κ1) is 20.8. The SMILES string of the molecule is O=C(c1ccccc1)N1CCN(C[C@H](O)COc2ccc3ccccc3c2Br)CC1. The van der Waals surface area contributed by atoms with Gasteiger partial charge in [0, 0.05) is 38.3 Å². The average Bonchev–Trinajstić information content (AvgIpc) is 2.79. The average molecular weight is 469 g/mol. The molecular weight excluding hydrogens is 444 g/mol. The highest BCUT2D eigenvalue weighted by Crippen LogP contribution is 2.33. The summed E-state index contributed by atoms with van der Waals surface area (Å²) in [6.07, 6.45) is -0.597. The van der Waals surface area contributed by atoms with E-state index >= 15 is 0 Å². The van der Waals surface area contributed by atoms with E-state index in [1.807, 2.05) is 65.6 Å². The van der Waals surface area contributed by atoms with Crippen molar-refractivity contribution in [2.45, 2.75) is 6.10 Å². The van der Waals surface area contributed by atoms with Crippen molar-refractivity contribution in [2.24, 2.45) is 0 Å². The highest BCUT2D eigenvalue weighted by molar-refractivity contribution is 9.10. The van der Waals surface area contributed by atoms with E-state index in [4.69, 9.17) is 4.74 Å². The van der Waals surface area contributed by atoms with Gasteiger partial charge in [-0.1, -0.05) is 48.5 Å². The van der Waals surface area contributed by atoms with E-state index in [-0.39, 0.29) is 12.5 Å². The van der Waals surface area contributed by atoms with E-state index in [0.29, 0.717) is 19.6 Å². The van der Waals surface area contributed by atoms with Gasteiger partial charge >= 0.3 is 0 Å². The molecule has 1 N–H and O–H groups in total. The topological polar surface area (TPSA) is 53.0 Å². The number of fused-ring (bicyclic) bond motifs is 1. The number of hydrogen-bond donors (Lipinski definition) is 1. The van der Waals surface area contributed by atoms with Crippen molar-refractivity contribution in [3.63, 3.8) is 0 Å². The molecule has 0 bridgehead atoms.